The molecule has 10 heteroatoms. The Morgan fingerprint density at radius 1 is 1.24 bits per heavy atom. The standard InChI is InChI=1S/C23H23ClFN5O2.ClH/c1-12-19(24)9-26-22-18-10-29(11-20(18)28-30(12)22)23(31)17-5-2-13(25)6-21(17)32-16-7-14-3-4-15(8-16)27-14;/h2,5-6,9,14-16,27H,3-4,7-8,10-11H2,1H3;1H. The maximum atomic E-state index is 14.1. The number of fused-ring (bicyclic) bond motifs is 5. The number of carbonyl (C=O) groups is 1. The van der Waals surface area contributed by atoms with Crippen molar-refractivity contribution in [2.45, 2.75) is 63.9 Å². The van der Waals surface area contributed by atoms with E-state index in [1.165, 1.54) is 18.2 Å². The summed E-state index contributed by atoms with van der Waals surface area (Å²) in [5, 5.41) is 8.73. The predicted molar refractivity (Wildman–Crippen MR) is 124 cm³/mol. The molecule has 2 fully saturated rings. The quantitative estimate of drug-likeness (QED) is 0.597. The van der Waals surface area contributed by atoms with Gasteiger partial charge in [-0.3, -0.25) is 4.79 Å². The number of halogens is 3. The van der Waals surface area contributed by atoms with E-state index in [4.69, 9.17) is 16.3 Å². The van der Waals surface area contributed by atoms with E-state index >= 15 is 0 Å². The lowest BCUT2D eigenvalue weighted by Gasteiger charge is -2.30. The number of nitrogens with one attached hydrogen (secondary N) is 1. The van der Waals surface area contributed by atoms with Crippen LogP contribution in [0.4, 0.5) is 4.39 Å². The fourth-order valence-electron chi connectivity index (χ4n) is 5.25. The van der Waals surface area contributed by atoms with Crippen LogP contribution in [0, 0.1) is 12.7 Å². The zero-order valence-corrected chi connectivity index (χ0v) is 19.6. The third-order valence-electron chi connectivity index (χ3n) is 6.88. The minimum Gasteiger partial charge on any atom is -0.489 e. The molecule has 5 heterocycles. The highest BCUT2D eigenvalue weighted by Crippen LogP contribution is 2.33. The molecule has 1 N–H and O–H groups in total. The minimum absolute atomic E-state index is 0. The average molecular weight is 492 g/mol. The molecule has 2 unspecified atom stereocenters. The summed E-state index contributed by atoms with van der Waals surface area (Å²) >= 11 is 6.17. The Morgan fingerprint density at radius 2 is 2.00 bits per heavy atom. The lowest BCUT2D eigenvalue weighted by molar-refractivity contribution is 0.0737. The van der Waals surface area contributed by atoms with Crippen LogP contribution in [0.1, 0.15) is 53.0 Å². The van der Waals surface area contributed by atoms with Crippen LogP contribution in [0.5, 0.6) is 5.75 Å². The smallest absolute Gasteiger partial charge is 0.258 e. The minimum atomic E-state index is -0.410. The molecule has 2 bridgehead atoms. The van der Waals surface area contributed by atoms with E-state index < -0.39 is 5.82 Å². The second kappa shape index (κ2) is 8.42. The van der Waals surface area contributed by atoms with Crippen LogP contribution in [0.15, 0.2) is 24.4 Å². The van der Waals surface area contributed by atoms with Gasteiger partial charge in [-0.2, -0.15) is 5.10 Å². The summed E-state index contributed by atoms with van der Waals surface area (Å²) < 4.78 is 22.0. The average Bonchev–Trinajstić information content (AvgIpc) is 3.43. The van der Waals surface area contributed by atoms with Crippen LogP contribution in [0.25, 0.3) is 5.65 Å². The van der Waals surface area contributed by atoms with Crippen LogP contribution in [0.3, 0.4) is 0 Å². The molecular formula is C23H24Cl2FN5O2. The first-order valence-electron chi connectivity index (χ1n) is 11.0. The van der Waals surface area contributed by atoms with E-state index in [2.05, 4.69) is 15.4 Å². The van der Waals surface area contributed by atoms with E-state index in [1.54, 1.807) is 15.6 Å². The van der Waals surface area contributed by atoms with Gasteiger partial charge in [-0.1, -0.05) is 11.6 Å². The number of nitrogens with zero attached hydrogens (tertiary/aromatic N) is 4. The predicted octanol–water partition coefficient (Wildman–Crippen LogP) is 4.07. The molecule has 7 nitrogen and oxygen atoms in total. The first-order valence-corrected chi connectivity index (χ1v) is 11.4. The van der Waals surface area contributed by atoms with Gasteiger partial charge in [0.15, 0.2) is 5.65 Å². The van der Waals surface area contributed by atoms with Crippen LogP contribution in [0.2, 0.25) is 5.02 Å². The molecule has 1 amide bonds. The summed E-state index contributed by atoms with van der Waals surface area (Å²) in [6.07, 6.45) is 5.63. The van der Waals surface area contributed by atoms with E-state index in [1.807, 2.05) is 6.92 Å². The number of amides is 1. The molecule has 1 aromatic carbocycles. The summed E-state index contributed by atoms with van der Waals surface area (Å²) in [6.45, 7) is 2.64. The van der Waals surface area contributed by atoms with Gasteiger partial charge in [0.1, 0.15) is 17.7 Å². The SMILES string of the molecule is Cc1c(Cl)cnc2c3c(nn12)CN(C(=O)c1ccc(F)cc1OC1CC2CCC(C1)N2)C3.Cl. The Hall–Kier alpha value is -2.42. The Bertz CT molecular complexity index is 1240. The van der Waals surface area contributed by atoms with Crippen molar-refractivity contribution in [3.8, 4) is 5.75 Å². The molecule has 3 aliphatic heterocycles. The molecule has 2 atom stereocenters. The molecule has 174 valence electrons. The third kappa shape index (κ3) is 3.84. The highest BCUT2D eigenvalue weighted by molar-refractivity contribution is 6.31. The normalized spacial score (nSPS) is 23.5. The van der Waals surface area contributed by atoms with Gasteiger partial charge in [0.05, 0.1) is 35.1 Å². The van der Waals surface area contributed by atoms with E-state index in [-0.39, 0.29) is 24.4 Å². The van der Waals surface area contributed by atoms with Gasteiger partial charge in [-0.25, -0.2) is 13.9 Å². The Kier molecular flexibility index (Phi) is 5.71. The van der Waals surface area contributed by atoms with E-state index in [0.717, 1.165) is 42.6 Å². The molecule has 2 saturated heterocycles. The maximum Gasteiger partial charge on any atom is 0.258 e. The number of hydrogen-bond donors (Lipinski definition) is 1. The number of rotatable bonds is 3. The largest absolute Gasteiger partial charge is 0.489 e. The van der Waals surface area contributed by atoms with E-state index in [9.17, 15) is 9.18 Å². The second-order valence-electron chi connectivity index (χ2n) is 9.00. The number of hydrogen-bond acceptors (Lipinski definition) is 5. The molecule has 33 heavy (non-hydrogen) atoms. The number of aromatic nitrogens is 3. The molecule has 6 rings (SSSR count). The highest BCUT2D eigenvalue weighted by Gasteiger charge is 2.36. The molecule has 0 aliphatic carbocycles. The summed E-state index contributed by atoms with van der Waals surface area (Å²) in [7, 11) is 0. The number of aryl methyl sites for hydroxylation is 1. The number of benzene rings is 1. The monoisotopic (exact) mass is 491 g/mol. The van der Waals surface area contributed by atoms with Crippen molar-refractivity contribution in [2.75, 3.05) is 0 Å². The van der Waals surface area contributed by atoms with Gasteiger partial charge < -0.3 is 15.0 Å². The van der Waals surface area contributed by atoms with E-state index in [0.29, 0.717) is 47.2 Å². The molecule has 2 aromatic heterocycles. The highest BCUT2D eigenvalue weighted by atomic mass is 35.5. The van der Waals surface area contributed by atoms with Crippen molar-refractivity contribution < 1.29 is 13.9 Å². The first-order chi connectivity index (χ1) is 15.5. The van der Waals surface area contributed by atoms with Gasteiger partial charge >= 0.3 is 0 Å². The van der Waals surface area contributed by atoms with Crippen molar-refractivity contribution in [3.63, 3.8) is 0 Å². The van der Waals surface area contributed by atoms with Gasteiger partial charge in [0, 0.05) is 29.9 Å². The molecule has 0 radical (unpaired) electrons. The van der Waals surface area contributed by atoms with Crippen LogP contribution in [-0.4, -0.2) is 43.6 Å². The Labute approximate surface area is 201 Å². The number of ether oxygens (including phenoxy) is 1. The fraction of sp³-hybridized carbons (Fsp3) is 0.435. The van der Waals surface area contributed by atoms with Crippen molar-refractivity contribution in [3.05, 3.63) is 57.8 Å². The van der Waals surface area contributed by atoms with Crippen molar-refractivity contribution in [2.24, 2.45) is 0 Å². The lowest BCUT2D eigenvalue weighted by atomic mass is 10.0. The zero-order valence-electron chi connectivity index (χ0n) is 18.1. The Balaban J connectivity index is 0.00000228. The zero-order chi connectivity index (χ0) is 22.0. The summed E-state index contributed by atoms with van der Waals surface area (Å²) in [5.74, 6) is -0.285. The Morgan fingerprint density at radius 3 is 2.76 bits per heavy atom. The molecule has 3 aliphatic rings. The lowest BCUT2D eigenvalue weighted by Crippen LogP contribution is -2.42. The van der Waals surface area contributed by atoms with Gasteiger partial charge in [-0.05, 0) is 44.7 Å². The summed E-state index contributed by atoms with van der Waals surface area (Å²) in [6, 6.07) is 5.05. The molecule has 0 saturated carbocycles. The van der Waals surface area contributed by atoms with Gasteiger partial charge in [-0.15, -0.1) is 12.4 Å². The first kappa shape index (κ1) is 22.4. The van der Waals surface area contributed by atoms with Crippen molar-refractivity contribution in [1.82, 2.24) is 24.8 Å². The second-order valence-corrected chi connectivity index (χ2v) is 9.41. The molecular weight excluding hydrogens is 468 g/mol. The van der Waals surface area contributed by atoms with Crippen molar-refractivity contribution >= 4 is 35.6 Å². The van der Waals surface area contributed by atoms with Gasteiger partial charge in [0.2, 0.25) is 0 Å². The maximum absolute atomic E-state index is 14.1. The third-order valence-corrected chi connectivity index (χ3v) is 7.25. The molecule has 3 aromatic rings. The number of piperidine rings is 1. The van der Waals surface area contributed by atoms with Crippen LogP contribution < -0.4 is 10.1 Å². The summed E-state index contributed by atoms with van der Waals surface area (Å²) in [4.78, 5) is 19.5. The topological polar surface area (TPSA) is 71.8 Å². The van der Waals surface area contributed by atoms with Crippen molar-refractivity contribution in [1.29, 1.82) is 0 Å². The molecule has 0 spiro atoms. The van der Waals surface area contributed by atoms with Crippen LogP contribution >= 0.6 is 24.0 Å². The van der Waals surface area contributed by atoms with Crippen LogP contribution in [-0.2, 0) is 13.1 Å². The summed E-state index contributed by atoms with van der Waals surface area (Å²) in [5.41, 5.74) is 3.62. The fourth-order valence-corrected chi connectivity index (χ4v) is 5.37. The number of carbonyl (C=O) groups excluding carboxylic acids is 1. The van der Waals surface area contributed by atoms with Gasteiger partial charge in [0.25, 0.3) is 5.91 Å².